The molecule has 0 aliphatic rings. The minimum Gasteiger partial charge on any atom is -0.493 e. The lowest BCUT2D eigenvalue weighted by Crippen LogP contribution is -2.17. The van der Waals surface area contributed by atoms with Crippen molar-refractivity contribution in [3.05, 3.63) is 87.9 Å². The molecule has 1 aromatic heterocycles. The summed E-state index contributed by atoms with van der Waals surface area (Å²) < 4.78 is 13.2. The molecule has 1 N–H and O–H groups in total. The normalized spacial score (nSPS) is 10.9. The minimum absolute atomic E-state index is 0.366. The number of ether oxygens (including phenoxy) is 2. The number of hydrogen-bond donors (Lipinski definition) is 1. The summed E-state index contributed by atoms with van der Waals surface area (Å²) >= 11 is 14.1. The quantitative estimate of drug-likeness (QED) is 0.210. The summed E-state index contributed by atoms with van der Waals surface area (Å²) in [4.78, 5) is 0. The van der Waals surface area contributed by atoms with Gasteiger partial charge in [0.25, 0.3) is 0 Å². The first kappa shape index (κ1) is 24.3. The summed E-state index contributed by atoms with van der Waals surface area (Å²) in [5, 5.41) is 17.4. The van der Waals surface area contributed by atoms with Gasteiger partial charge in [-0.2, -0.15) is 4.68 Å². The Morgan fingerprint density at radius 3 is 2.65 bits per heavy atom. The third kappa shape index (κ3) is 6.42. The molecule has 0 aliphatic heterocycles. The lowest BCUT2D eigenvalue weighted by atomic mass is 10.2. The van der Waals surface area contributed by atoms with Crippen molar-refractivity contribution in [1.82, 2.24) is 25.5 Å². The predicted molar refractivity (Wildman–Crippen MR) is 135 cm³/mol. The number of aromatic nitrogens is 4. The molecule has 0 unspecified atom stereocenters. The smallest absolute Gasteiger partial charge is 0.214 e. The van der Waals surface area contributed by atoms with Gasteiger partial charge < -0.3 is 14.8 Å². The molecule has 0 aliphatic carbocycles. The molecule has 0 spiro atoms. The van der Waals surface area contributed by atoms with Crippen LogP contribution in [-0.2, 0) is 13.2 Å². The predicted octanol–water partition coefficient (Wildman–Crippen LogP) is 5.44. The Morgan fingerprint density at radius 2 is 1.85 bits per heavy atom. The van der Waals surface area contributed by atoms with Crippen LogP contribution in [-0.4, -0.2) is 39.6 Å². The Balaban J connectivity index is 1.29. The molecule has 4 rings (SSSR count). The molecule has 0 atom stereocenters. The van der Waals surface area contributed by atoms with Crippen LogP contribution in [0, 0.1) is 0 Å². The minimum atomic E-state index is 0.366. The molecule has 0 bridgehead atoms. The molecule has 0 saturated carbocycles. The maximum atomic E-state index is 6.52. The number of methoxy groups -OCH3 is 1. The third-order valence-corrected chi connectivity index (χ3v) is 6.39. The monoisotopic (exact) mass is 515 g/mol. The van der Waals surface area contributed by atoms with Crippen molar-refractivity contribution < 1.29 is 9.47 Å². The van der Waals surface area contributed by atoms with E-state index in [9.17, 15) is 0 Å². The third-order valence-electron chi connectivity index (χ3n) is 4.88. The van der Waals surface area contributed by atoms with Gasteiger partial charge in [0.2, 0.25) is 5.16 Å². The van der Waals surface area contributed by atoms with Crippen molar-refractivity contribution in [2.24, 2.45) is 0 Å². The number of thioether (sulfide) groups is 1. The zero-order valence-corrected chi connectivity index (χ0v) is 20.8. The molecule has 3 aromatic carbocycles. The summed E-state index contributed by atoms with van der Waals surface area (Å²) in [5.41, 5.74) is 2.82. The van der Waals surface area contributed by atoms with E-state index in [1.165, 1.54) is 0 Å². The van der Waals surface area contributed by atoms with Crippen LogP contribution in [0.25, 0.3) is 5.69 Å². The number of nitrogens with one attached hydrogen (secondary N) is 1. The number of benzene rings is 3. The van der Waals surface area contributed by atoms with Gasteiger partial charge in [0.15, 0.2) is 11.5 Å². The summed E-state index contributed by atoms with van der Waals surface area (Å²) in [6, 6.07) is 21.0. The first-order valence-electron chi connectivity index (χ1n) is 10.5. The molecule has 0 saturated heterocycles. The van der Waals surface area contributed by atoms with Gasteiger partial charge in [0.1, 0.15) is 6.61 Å². The Kier molecular flexibility index (Phi) is 8.65. The van der Waals surface area contributed by atoms with Crippen molar-refractivity contribution >= 4 is 35.0 Å². The summed E-state index contributed by atoms with van der Waals surface area (Å²) in [6.45, 7) is 1.70. The van der Waals surface area contributed by atoms with Crippen molar-refractivity contribution in [2.45, 2.75) is 18.3 Å². The molecular formula is C24H23Cl2N5O2S. The maximum absolute atomic E-state index is 6.52. The summed E-state index contributed by atoms with van der Waals surface area (Å²) in [7, 11) is 1.61. The molecular weight excluding hydrogens is 493 g/mol. The van der Waals surface area contributed by atoms with E-state index in [2.05, 4.69) is 20.8 Å². The van der Waals surface area contributed by atoms with Crippen LogP contribution in [0.2, 0.25) is 10.0 Å². The molecule has 34 heavy (non-hydrogen) atoms. The second-order valence-corrected chi connectivity index (χ2v) is 9.15. The molecule has 10 heteroatoms. The van der Waals surface area contributed by atoms with Crippen LogP contribution >= 0.6 is 35.0 Å². The molecule has 176 valence electrons. The molecule has 7 nitrogen and oxygen atoms in total. The van der Waals surface area contributed by atoms with E-state index >= 15 is 0 Å². The van der Waals surface area contributed by atoms with E-state index in [1.54, 1.807) is 29.6 Å². The fourth-order valence-electron chi connectivity index (χ4n) is 3.21. The lowest BCUT2D eigenvalue weighted by Gasteiger charge is -2.14. The number of tetrazole rings is 1. The highest BCUT2D eigenvalue weighted by atomic mass is 35.5. The lowest BCUT2D eigenvalue weighted by molar-refractivity contribution is 0.284. The zero-order valence-electron chi connectivity index (χ0n) is 18.4. The molecule has 1 heterocycles. The number of hydrogen-bond acceptors (Lipinski definition) is 7. The van der Waals surface area contributed by atoms with Crippen LogP contribution in [0.1, 0.15) is 11.1 Å². The summed E-state index contributed by atoms with van der Waals surface area (Å²) in [6.07, 6.45) is 0. The SMILES string of the molecule is COc1cc(CNCCSc2nnnn2-c2ccccc2)c(Cl)cc1OCc1cccc(Cl)c1. The Bertz CT molecular complexity index is 1220. The highest BCUT2D eigenvalue weighted by Crippen LogP contribution is 2.34. The van der Waals surface area contributed by atoms with Crippen molar-refractivity contribution in [1.29, 1.82) is 0 Å². The van der Waals surface area contributed by atoms with Crippen molar-refractivity contribution in [3.63, 3.8) is 0 Å². The average Bonchev–Trinajstić information content (AvgIpc) is 3.32. The van der Waals surface area contributed by atoms with Gasteiger partial charge in [-0.15, -0.1) is 5.10 Å². The number of halogens is 2. The first-order chi connectivity index (χ1) is 16.6. The van der Waals surface area contributed by atoms with Gasteiger partial charge in [-0.05, 0) is 51.9 Å². The van der Waals surface area contributed by atoms with Gasteiger partial charge in [-0.1, -0.05) is 65.3 Å². The van der Waals surface area contributed by atoms with Crippen LogP contribution < -0.4 is 14.8 Å². The van der Waals surface area contributed by atoms with Crippen LogP contribution in [0.5, 0.6) is 11.5 Å². The van der Waals surface area contributed by atoms with Gasteiger partial charge in [0.05, 0.1) is 12.8 Å². The fraction of sp³-hybridized carbons (Fsp3) is 0.208. The van der Waals surface area contributed by atoms with Crippen molar-refractivity contribution in [3.8, 4) is 17.2 Å². The Morgan fingerprint density at radius 1 is 1.00 bits per heavy atom. The summed E-state index contributed by atoms with van der Waals surface area (Å²) in [5.74, 6) is 2.00. The standard InChI is InChI=1S/C24H23Cl2N5O2S/c1-32-22-13-18(21(26)14-23(22)33-16-17-6-5-7-19(25)12-17)15-27-10-11-34-24-28-29-30-31(24)20-8-3-2-4-9-20/h2-9,12-14,27H,10-11,15-16H2,1H3. The largest absolute Gasteiger partial charge is 0.493 e. The Labute approximate surface area is 212 Å². The fourth-order valence-corrected chi connectivity index (χ4v) is 4.43. The van der Waals surface area contributed by atoms with E-state index in [-0.39, 0.29) is 0 Å². The molecule has 4 aromatic rings. The second kappa shape index (κ2) is 12.1. The van der Waals surface area contributed by atoms with Crippen molar-refractivity contribution in [2.75, 3.05) is 19.4 Å². The Hall–Kier alpha value is -2.78. The number of nitrogens with zero attached hydrogens (tertiary/aromatic N) is 4. The zero-order chi connectivity index (χ0) is 23.8. The molecule has 0 amide bonds. The van der Waals surface area contributed by atoms with Gasteiger partial charge in [0, 0.05) is 35.0 Å². The first-order valence-corrected chi connectivity index (χ1v) is 12.3. The van der Waals surface area contributed by atoms with Crippen LogP contribution in [0.15, 0.2) is 71.9 Å². The number of para-hydroxylation sites is 1. The highest BCUT2D eigenvalue weighted by molar-refractivity contribution is 7.99. The van der Waals surface area contributed by atoms with Crippen LogP contribution in [0.3, 0.4) is 0 Å². The van der Waals surface area contributed by atoms with E-state index < -0.39 is 0 Å². The average molecular weight is 516 g/mol. The van der Waals surface area contributed by atoms with Crippen LogP contribution in [0.4, 0.5) is 0 Å². The van der Waals surface area contributed by atoms with E-state index in [4.69, 9.17) is 32.7 Å². The topological polar surface area (TPSA) is 74.1 Å². The highest BCUT2D eigenvalue weighted by Gasteiger charge is 2.12. The van der Waals surface area contributed by atoms with Gasteiger partial charge >= 0.3 is 0 Å². The van der Waals surface area contributed by atoms with Gasteiger partial charge in [-0.3, -0.25) is 0 Å². The van der Waals surface area contributed by atoms with E-state index in [1.807, 2.05) is 60.7 Å². The maximum Gasteiger partial charge on any atom is 0.214 e. The molecule has 0 radical (unpaired) electrons. The second-order valence-electron chi connectivity index (χ2n) is 7.25. The number of rotatable bonds is 11. The van der Waals surface area contributed by atoms with E-state index in [0.717, 1.165) is 34.3 Å². The molecule has 0 fully saturated rings. The van der Waals surface area contributed by atoms with E-state index in [0.29, 0.717) is 34.7 Å². The van der Waals surface area contributed by atoms with Gasteiger partial charge in [-0.25, -0.2) is 0 Å².